The number of nitrogens with zero attached hydrogens (tertiary/aromatic N) is 1. The van der Waals surface area contributed by atoms with Crippen molar-refractivity contribution in [1.82, 2.24) is 0 Å². The fourth-order valence-corrected chi connectivity index (χ4v) is 3.43. The van der Waals surface area contributed by atoms with E-state index < -0.39 is 5.63 Å². The average molecular weight is 299 g/mol. The number of carbonyl (C=O) groups excluding carboxylic acids is 1. The lowest BCUT2D eigenvalue weighted by Crippen LogP contribution is -2.28. The van der Waals surface area contributed by atoms with Gasteiger partial charge in [-0.2, -0.15) is 0 Å². The molecule has 0 amide bonds. The van der Waals surface area contributed by atoms with Crippen molar-refractivity contribution < 1.29 is 9.21 Å². The van der Waals surface area contributed by atoms with Gasteiger partial charge in [0.15, 0.2) is 6.29 Å². The molecule has 116 valence electrons. The van der Waals surface area contributed by atoms with E-state index in [0.717, 1.165) is 48.1 Å². The second-order valence-corrected chi connectivity index (χ2v) is 6.13. The lowest BCUT2D eigenvalue weighted by Gasteiger charge is -2.25. The second-order valence-electron chi connectivity index (χ2n) is 6.13. The van der Waals surface area contributed by atoms with Gasteiger partial charge in [-0.25, -0.2) is 4.79 Å². The molecule has 4 heteroatoms. The van der Waals surface area contributed by atoms with Crippen molar-refractivity contribution >= 4 is 22.9 Å². The molecule has 0 radical (unpaired) electrons. The first-order valence-corrected chi connectivity index (χ1v) is 7.90. The van der Waals surface area contributed by atoms with Gasteiger partial charge >= 0.3 is 5.63 Å². The molecule has 1 fully saturated rings. The molecule has 1 aliphatic rings. The standard InChI is InChI=1S/C18H21NO3/c1-12-9-13(2)16-15(10-12)22-18(21)14(11-20)17(16)19-7-5-3-4-6-8-19/h9-11H,3-8H2,1-2H3. The van der Waals surface area contributed by atoms with Crippen LogP contribution in [0.1, 0.15) is 47.2 Å². The summed E-state index contributed by atoms with van der Waals surface area (Å²) in [5.41, 5.74) is 3.05. The Morgan fingerprint density at radius 3 is 2.41 bits per heavy atom. The Morgan fingerprint density at radius 2 is 1.77 bits per heavy atom. The highest BCUT2D eigenvalue weighted by Crippen LogP contribution is 2.33. The highest BCUT2D eigenvalue weighted by molar-refractivity contribution is 6.01. The highest BCUT2D eigenvalue weighted by atomic mass is 16.4. The van der Waals surface area contributed by atoms with Crippen LogP contribution in [0.3, 0.4) is 0 Å². The largest absolute Gasteiger partial charge is 0.422 e. The lowest BCUT2D eigenvalue weighted by atomic mass is 10.0. The Kier molecular flexibility index (Phi) is 4.01. The molecule has 1 aliphatic heterocycles. The first kappa shape index (κ1) is 14.8. The van der Waals surface area contributed by atoms with Crippen LogP contribution in [0, 0.1) is 13.8 Å². The van der Waals surface area contributed by atoms with Crippen LogP contribution in [-0.2, 0) is 0 Å². The van der Waals surface area contributed by atoms with E-state index in [2.05, 4.69) is 11.0 Å². The van der Waals surface area contributed by atoms with Crippen molar-refractivity contribution in [3.63, 3.8) is 0 Å². The van der Waals surface area contributed by atoms with E-state index >= 15 is 0 Å². The number of aldehydes is 1. The van der Waals surface area contributed by atoms with E-state index in [0.29, 0.717) is 11.9 Å². The molecule has 4 nitrogen and oxygen atoms in total. The minimum atomic E-state index is -0.535. The topological polar surface area (TPSA) is 50.5 Å². The van der Waals surface area contributed by atoms with Crippen LogP contribution >= 0.6 is 0 Å². The van der Waals surface area contributed by atoms with Gasteiger partial charge < -0.3 is 9.32 Å². The average Bonchev–Trinajstić information content (AvgIpc) is 2.74. The van der Waals surface area contributed by atoms with Gasteiger partial charge in [0.05, 0.1) is 5.69 Å². The number of aryl methyl sites for hydroxylation is 2. The fourth-order valence-electron chi connectivity index (χ4n) is 3.43. The highest BCUT2D eigenvalue weighted by Gasteiger charge is 2.22. The van der Waals surface area contributed by atoms with Crippen molar-refractivity contribution in [1.29, 1.82) is 0 Å². The first-order valence-electron chi connectivity index (χ1n) is 7.90. The normalized spacial score (nSPS) is 15.8. The summed E-state index contributed by atoms with van der Waals surface area (Å²) in [6, 6.07) is 3.94. The quantitative estimate of drug-likeness (QED) is 0.628. The monoisotopic (exact) mass is 299 g/mol. The number of benzene rings is 1. The summed E-state index contributed by atoms with van der Waals surface area (Å²) >= 11 is 0. The van der Waals surface area contributed by atoms with Gasteiger partial charge in [-0.15, -0.1) is 0 Å². The third kappa shape index (κ3) is 2.54. The Balaban J connectivity index is 2.33. The number of anilines is 1. The molecule has 0 unspecified atom stereocenters. The third-order valence-electron chi connectivity index (χ3n) is 4.40. The molecule has 1 saturated heterocycles. The van der Waals surface area contributed by atoms with Crippen LogP contribution < -0.4 is 10.5 Å². The predicted octanol–water partition coefficient (Wildman–Crippen LogP) is 3.60. The molecular formula is C18H21NO3. The number of rotatable bonds is 2. The minimum Gasteiger partial charge on any atom is -0.422 e. The second kappa shape index (κ2) is 5.95. The van der Waals surface area contributed by atoms with Crippen molar-refractivity contribution in [2.75, 3.05) is 18.0 Å². The lowest BCUT2D eigenvalue weighted by molar-refractivity contribution is 0.112. The van der Waals surface area contributed by atoms with Crippen molar-refractivity contribution in [3.8, 4) is 0 Å². The number of fused-ring (bicyclic) bond motifs is 1. The van der Waals surface area contributed by atoms with Gasteiger partial charge in [0, 0.05) is 18.5 Å². The van der Waals surface area contributed by atoms with Gasteiger partial charge in [-0.05, 0) is 43.9 Å². The summed E-state index contributed by atoms with van der Waals surface area (Å²) in [5, 5.41) is 0.897. The number of carbonyl (C=O) groups is 1. The zero-order valence-corrected chi connectivity index (χ0v) is 13.1. The molecule has 0 saturated carbocycles. The Hall–Kier alpha value is -2.10. The summed E-state index contributed by atoms with van der Waals surface area (Å²) in [5.74, 6) is 0. The van der Waals surface area contributed by atoms with Gasteiger partial charge in [0.25, 0.3) is 0 Å². The van der Waals surface area contributed by atoms with Crippen LogP contribution in [0.15, 0.2) is 21.3 Å². The third-order valence-corrected chi connectivity index (χ3v) is 4.40. The smallest absolute Gasteiger partial charge is 0.349 e. The van der Waals surface area contributed by atoms with Gasteiger partial charge in [0.2, 0.25) is 0 Å². The van der Waals surface area contributed by atoms with Crippen molar-refractivity contribution in [2.24, 2.45) is 0 Å². The molecular weight excluding hydrogens is 278 g/mol. The molecule has 0 N–H and O–H groups in total. The molecule has 2 aromatic rings. The van der Waals surface area contributed by atoms with Gasteiger partial charge in [-0.1, -0.05) is 18.9 Å². The molecule has 3 rings (SSSR count). The predicted molar refractivity (Wildman–Crippen MR) is 88.0 cm³/mol. The summed E-state index contributed by atoms with van der Waals surface area (Å²) in [7, 11) is 0. The van der Waals surface area contributed by atoms with E-state index in [1.165, 1.54) is 12.8 Å². The Bertz CT molecular complexity index is 768. The maximum absolute atomic E-state index is 12.2. The molecule has 0 atom stereocenters. The van der Waals surface area contributed by atoms with Crippen LogP contribution in [0.2, 0.25) is 0 Å². The van der Waals surface area contributed by atoms with E-state index in [4.69, 9.17) is 4.42 Å². The zero-order valence-electron chi connectivity index (χ0n) is 13.1. The van der Waals surface area contributed by atoms with Gasteiger partial charge in [-0.3, -0.25) is 4.79 Å². The summed E-state index contributed by atoms with van der Waals surface area (Å²) in [4.78, 5) is 25.9. The van der Waals surface area contributed by atoms with E-state index in [1.807, 2.05) is 19.9 Å². The molecule has 2 heterocycles. The van der Waals surface area contributed by atoms with Crippen LogP contribution in [0.5, 0.6) is 0 Å². The Labute approximate surface area is 129 Å². The van der Waals surface area contributed by atoms with E-state index in [9.17, 15) is 9.59 Å². The maximum atomic E-state index is 12.2. The summed E-state index contributed by atoms with van der Waals surface area (Å²) in [6.07, 6.45) is 5.22. The van der Waals surface area contributed by atoms with Crippen molar-refractivity contribution in [2.45, 2.75) is 39.5 Å². The molecule has 0 aliphatic carbocycles. The van der Waals surface area contributed by atoms with E-state index in [-0.39, 0.29) is 5.56 Å². The summed E-state index contributed by atoms with van der Waals surface area (Å²) < 4.78 is 5.39. The molecule has 22 heavy (non-hydrogen) atoms. The van der Waals surface area contributed by atoms with Crippen molar-refractivity contribution in [3.05, 3.63) is 39.2 Å². The Morgan fingerprint density at radius 1 is 1.09 bits per heavy atom. The van der Waals surface area contributed by atoms with Crippen LogP contribution in [0.4, 0.5) is 5.69 Å². The molecule has 1 aromatic heterocycles. The SMILES string of the molecule is Cc1cc(C)c2c(N3CCCCCC3)c(C=O)c(=O)oc2c1. The van der Waals surface area contributed by atoms with E-state index in [1.54, 1.807) is 0 Å². The number of hydrogen-bond donors (Lipinski definition) is 0. The van der Waals surface area contributed by atoms with Gasteiger partial charge in [0.1, 0.15) is 11.1 Å². The molecule has 0 spiro atoms. The maximum Gasteiger partial charge on any atom is 0.349 e. The van der Waals surface area contributed by atoms with Crippen LogP contribution in [-0.4, -0.2) is 19.4 Å². The minimum absolute atomic E-state index is 0.154. The first-order chi connectivity index (χ1) is 10.6. The van der Waals surface area contributed by atoms with Crippen LogP contribution in [0.25, 0.3) is 11.0 Å². The molecule has 0 bridgehead atoms. The summed E-state index contributed by atoms with van der Waals surface area (Å²) in [6.45, 7) is 5.75. The molecule has 1 aromatic carbocycles. The number of hydrogen-bond acceptors (Lipinski definition) is 4. The fraction of sp³-hybridized carbons (Fsp3) is 0.444. The zero-order chi connectivity index (χ0) is 15.7.